The van der Waals surface area contributed by atoms with Gasteiger partial charge in [-0.3, -0.25) is 0 Å². The molecular weight excluding hydrogens is 176 g/mol. The van der Waals surface area contributed by atoms with Crippen LogP contribution in [0.4, 0.5) is 0 Å². The SMILES string of the molecule is CC1CCC(C)C(CSC2CC2)C1. The smallest absolute Gasteiger partial charge is 0.00479 e. The molecule has 13 heavy (non-hydrogen) atoms. The molecule has 0 spiro atoms. The van der Waals surface area contributed by atoms with Crippen molar-refractivity contribution in [1.29, 1.82) is 0 Å². The lowest BCUT2D eigenvalue weighted by atomic mass is 9.76. The molecule has 3 unspecified atom stereocenters. The van der Waals surface area contributed by atoms with E-state index >= 15 is 0 Å². The predicted octanol–water partition coefficient (Wildman–Crippen LogP) is 3.95. The van der Waals surface area contributed by atoms with Crippen LogP contribution in [0.3, 0.4) is 0 Å². The summed E-state index contributed by atoms with van der Waals surface area (Å²) in [5.74, 6) is 4.49. The molecule has 2 rings (SSSR count). The van der Waals surface area contributed by atoms with Crippen LogP contribution in [0, 0.1) is 17.8 Å². The first-order valence-electron chi connectivity index (χ1n) is 5.87. The van der Waals surface area contributed by atoms with Crippen LogP contribution in [0.15, 0.2) is 0 Å². The van der Waals surface area contributed by atoms with Crippen LogP contribution in [0.5, 0.6) is 0 Å². The first kappa shape index (κ1) is 9.89. The van der Waals surface area contributed by atoms with Crippen LogP contribution in [0.2, 0.25) is 0 Å². The summed E-state index contributed by atoms with van der Waals surface area (Å²) in [4.78, 5) is 0. The highest BCUT2D eigenvalue weighted by atomic mass is 32.2. The van der Waals surface area contributed by atoms with Crippen LogP contribution in [0.25, 0.3) is 0 Å². The van der Waals surface area contributed by atoms with Crippen molar-refractivity contribution < 1.29 is 0 Å². The van der Waals surface area contributed by atoms with Crippen LogP contribution < -0.4 is 0 Å². The standard InChI is InChI=1S/C12H22S/c1-9-3-4-10(2)11(7-9)8-13-12-5-6-12/h9-12H,3-8H2,1-2H3. The van der Waals surface area contributed by atoms with Crippen LogP contribution in [-0.2, 0) is 0 Å². The lowest BCUT2D eigenvalue weighted by Gasteiger charge is -2.32. The zero-order chi connectivity index (χ0) is 9.26. The van der Waals surface area contributed by atoms with Gasteiger partial charge in [0.25, 0.3) is 0 Å². The van der Waals surface area contributed by atoms with Crippen molar-refractivity contribution in [2.75, 3.05) is 5.75 Å². The van der Waals surface area contributed by atoms with E-state index in [-0.39, 0.29) is 0 Å². The van der Waals surface area contributed by atoms with Gasteiger partial charge in [-0.2, -0.15) is 11.8 Å². The van der Waals surface area contributed by atoms with Gasteiger partial charge in [0.05, 0.1) is 0 Å². The van der Waals surface area contributed by atoms with Gasteiger partial charge in [0, 0.05) is 5.25 Å². The minimum atomic E-state index is 1.00. The zero-order valence-electron chi connectivity index (χ0n) is 8.96. The first-order chi connectivity index (χ1) is 6.25. The fraction of sp³-hybridized carbons (Fsp3) is 1.00. The minimum absolute atomic E-state index is 1.00. The average molecular weight is 198 g/mol. The van der Waals surface area contributed by atoms with Crippen LogP contribution >= 0.6 is 11.8 Å². The fourth-order valence-electron chi connectivity index (χ4n) is 2.38. The number of hydrogen-bond acceptors (Lipinski definition) is 1. The van der Waals surface area contributed by atoms with Crippen molar-refractivity contribution >= 4 is 11.8 Å². The molecule has 0 aliphatic heterocycles. The third kappa shape index (κ3) is 2.90. The molecule has 3 atom stereocenters. The molecular formula is C12H22S. The van der Waals surface area contributed by atoms with Gasteiger partial charge < -0.3 is 0 Å². The van der Waals surface area contributed by atoms with Crippen LogP contribution in [-0.4, -0.2) is 11.0 Å². The fourth-order valence-corrected chi connectivity index (χ4v) is 3.83. The van der Waals surface area contributed by atoms with Gasteiger partial charge in [-0.15, -0.1) is 0 Å². The molecule has 0 aromatic rings. The average Bonchev–Trinajstić information content (AvgIpc) is 2.90. The monoisotopic (exact) mass is 198 g/mol. The van der Waals surface area contributed by atoms with E-state index in [1.165, 1.54) is 37.9 Å². The van der Waals surface area contributed by atoms with Crippen molar-refractivity contribution in [2.45, 2.75) is 51.2 Å². The topological polar surface area (TPSA) is 0 Å². The normalized spacial score (nSPS) is 40.6. The summed E-state index contributed by atoms with van der Waals surface area (Å²) in [6, 6.07) is 0. The van der Waals surface area contributed by atoms with Gasteiger partial charge in [0.15, 0.2) is 0 Å². The molecule has 76 valence electrons. The van der Waals surface area contributed by atoms with Gasteiger partial charge >= 0.3 is 0 Å². The summed E-state index contributed by atoms with van der Waals surface area (Å²) in [6.45, 7) is 4.89. The van der Waals surface area contributed by atoms with Crippen molar-refractivity contribution in [3.63, 3.8) is 0 Å². The van der Waals surface area contributed by atoms with Crippen molar-refractivity contribution in [2.24, 2.45) is 17.8 Å². The molecule has 2 saturated carbocycles. The quantitative estimate of drug-likeness (QED) is 0.661. The second kappa shape index (κ2) is 4.25. The van der Waals surface area contributed by atoms with E-state index < -0.39 is 0 Å². The highest BCUT2D eigenvalue weighted by Gasteiger charge is 2.28. The van der Waals surface area contributed by atoms with E-state index in [4.69, 9.17) is 0 Å². The van der Waals surface area contributed by atoms with E-state index in [0.29, 0.717) is 0 Å². The van der Waals surface area contributed by atoms with E-state index in [9.17, 15) is 0 Å². The van der Waals surface area contributed by atoms with Crippen molar-refractivity contribution in [1.82, 2.24) is 0 Å². The molecule has 1 heteroatoms. The zero-order valence-corrected chi connectivity index (χ0v) is 9.78. The summed E-state index contributed by atoms with van der Waals surface area (Å²) >= 11 is 2.25. The maximum atomic E-state index is 2.46. The largest absolute Gasteiger partial charge is 0.158 e. The van der Waals surface area contributed by atoms with Crippen molar-refractivity contribution in [3.05, 3.63) is 0 Å². The predicted molar refractivity (Wildman–Crippen MR) is 61.1 cm³/mol. The highest BCUT2D eigenvalue weighted by Crippen LogP contribution is 2.40. The molecule has 2 aliphatic rings. The van der Waals surface area contributed by atoms with Crippen LogP contribution in [0.1, 0.15) is 46.0 Å². The molecule has 0 bridgehead atoms. The Morgan fingerprint density at radius 1 is 1.08 bits per heavy atom. The molecule has 0 nitrogen and oxygen atoms in total. The number of rotatable bonds is 3. The Hall–Kier alpha value is 0.350. The third-order valence-corrected chi connectivity index (χ3v) is 5.26. The van der Waals surface area contributed by atoms with Gasteiger partial charge in [-0.05, 0) is 42.8 Å². The Morgan fingerprint density at radius 3 is 2.54 bits per heavy atom. The molecule has 2 fully saturated rings. The van der Waals surface area contributed by atoms with Crippen molar-refractivity contribution in [3.8, 4) is 0 Å². The summed E-state index contributed by atoms with van der Waals surface area (Å²) < 4.78 is 0. The first-order valence-corrected chi connectivity index (χ1v) is 6.92. The lowest BCUT2D eigenvalue weighted by molar-refractivity contribution is 0.224. The summed E-state index contributed by atoms with van der Waals surface area (Å²) in [5, 5.41) is 1.06. The van der Waals surface area contributed by atoms with E-state index in [1.807, 2.05) is 0 Å². The second-order valence-corrected chi connectivity index (χ2v) is 6.52. The Labute approximate surface area is 86.9 Å². The molecule has 0 aromatic carbocycles. The summed E-state index contributed by atoms with van der Waals surface area (Å²) in [6.07, 6.45) is 7.46. The molecule has 0 radical (unpaired) electrons. The lowest BCUT2D eigenvalue weighted by Crippen LogP contribution is -2.23. The molecule has 2 aliphatic carbocycles. The van der Waals surface area contributed by atoms with Gasteiger partial charge in [-0.25, -0.2) is 0 Å². The number of thioether (sulfide) groups is 1. The van der Waals surface area contributed by atoms with Gasteiger partial charge in [-0.1, -0.05) is 26.7 Å². The Balaban J connectivity index is 1.73. The molecule has 0 aromatic heterocycles. The third-order valence-electron chi connectivity index (χ3n) is 3.70. The maximum absolute atomic E-state index is 2.46. The minimum Gasteiger partial charge on any atom is -0.158 e. The Morgan fingerprint density at radius 2 is 1.85 bits per heavy atom. The molecule has 0 N–H and O–H groups in total. The van der Waals surface area contributed by atoms with E-state index in [1.54, 1.807) is 0 Å². The van der Waals surface area contributed by atoms with Gasteiger partial charge in [0.1, 0.15) is 0 Å². The highest BCUT2D eigenvalue weighted by molar-refractivity contribution is 8.00. The summed E-state index contributed by atoms with van der Waals surface area (Å²) in [7, 11) is 0. The molecule has 0 heterocycles. The van der Waals surface area contributed by atoms with Gasteiger partial charge in [0.2, 0.25) is 0 Å². The van der Waals surface area contributed by atoms with E-state index in [2.05, 4.69) is 25.6 Å². The Bertz CT molecular complexity index is 163. The number of hydrogen-bond donors (Lipinski definition) is 0. The molecule has 0 saturated heterocycles. The molecule has 0 amide bonds. The summed E-state index contributed by atoms with van der Waals surface area (Å²) in [5.41, 5.74) is 0. The Kier molecular flexibility index (Phi) is 3.23. The second-order valence-electron chi connectivity index (χ2n) is 5.19. The van der Waals surface area contributed by atoms with E-state index in [0.717, 1.165) is 23.0 Å². The maximum Gasteiger partial charge on any atom is 0.00479 e.